The van der Waals surface area contributed by atoms with Crippen LogP contribution in [-0.4, -0.2) is 114 Å². The highest BCUT2D eigenvalue weighted by Gasteiger charge is 2.47. The molecule has 2 aromatic heterocycles. The van der Waals surface area contributed by atoms with Gasteiger partial charge in [-0.2, -0.15) is 0 Å². The molecule has 74 heavy (non-hydrogen) atoms. The van der Waals surface area contributed by atoms with Gasteiger partial charge >= 0.3 is 0 Å². The van der Waals surface area contributed by atoms with E-state index in [9.17, 15) is 63.0 Å². The lowest BCUT2D eigenvalue weighted by Crippen LogP contribution is -2.46. The molecule has 1 saturated heterocycles. The van der Waals surface area contributed by atoms with Gasteiger partial charge < -0.3 is 74.1 Å². The largest absolute Gasteiger partial charge is 0.790 e. The molecule has 0 spiro atoms. The zero-order valence-electron chi connectivity index (χ0n) is 42.5. The molecule has 0 bridgehead atoms. The molecule has 424 valence electrons. The molecule has 3 heterocycles. The van der Waals surface area contributed by atoms with Crippen LogP contribution in [0.2, 0.25) is 0 Å². The van der Waals surface area contributed by atoms with Crippen molar-refractivity contribution in [2.75, 3.05) is 37.8 Å². The standard InChI is InChI=1S/C45H80N7O18P3S/c1-4-5-6-7-8-9-10-11-12-13-14-15-16-17-18-19-20-21-22-23-24-33(53)44(58)74-28-27-47-35(54)25-26-48-42(57)39(56)45(2,3)30-67-73(64,65)70-72(62,63)66-29-34-38(69-71(59,60)61)37(55)43(68-34)52-32-51-36-40(46)49-31-50-41(36)52/h11-12,31-34,37-39,43,53,55-56H,4-10,13-30H2,1-3H3,(H,47,54)(H,48,57)(H,62,63)(H,64,65)(H2,46,49,50)(H2,59,60,61)/p-4/b12-11-/t33?,34-,37-,38-,39+,43-/m1/s1. The maximum absolute atomic E-state index is 12.7. The second kappa shape index (κ2) is 33.5. The number of phosphoric ester groups is 3. The van der Waals surface area contributed by atoms with Crippen molar-refractivity contribution in [3.05, 3.63) is 24.8 Å². The van der Waals surface area contributed by atoms with Crippen LogP contribution >= 0.6 is 35.2 Å². The molecule has 1 aliphatic rings. The van der Waals surface area contributed by atoms with Crippen LogP contribution in [0.5, 0.6) is 0 Å². The number of hydrogen-bond donors (Lipinski definition) is 6. The van der Waals surface area contributed by atoms with Gasteiger partial charge in [0, 0.05) is 30.7 Å². The zero-order valence-corrected chi connectivity index (χ0v) is 46.0. The first kappa shape index (κ1) is 65.5. The fourth-order valence-corrected chi connectivity index (χ4v) is 11.2. The van der Waals surface area contributed by atoms with E-state index in [1.165, 1.54) is 104 Å². The van der Waals surface area contributed by atoms with E-state index in [1.807, 2.05) is 0 Å². The number of nitrogen functional groups attached to an aromatic ring is 1. The Hall–Kier alpha value is -2.74. The van der Waals surface area contributed by atoms with Gasteiger partial charge in [0.1, 0.15) is 42.4 Å². The fourth-order valence-electron chi connectivity index (χ4n) is 7.77. The molecule has 0 aliphatic carbocycles. The van der Waals surface area contributed by atoms with Crippen LogP contribution in [-0.2, 0) is 50.7 Å². The number of aromatic nitrogens is 4. The second-order valence-electron chi connectivity index (χ2n) is 18.8. The number of unbranched alkanes of at least 4 members (excludes halogenated alkanes) is 16. The van der Waals surface area contributed by atoms with Crippen LogP contribution in [0.25, 0.3) is 11.2 Å². The van der Waals surface area contributed by atoms with Gasteiger partial charge in [0.2, 0.25) is 16.9 Å². The summed E-state index contributed by atoms with van der Waals surface area (Å²) < 4.78 is 60.9. The Labute approximate surface area is 437 Å². The molecule has 3 unspecified atom stereocenters. The zero-order chi connectivity index (χ0) is 54.8. The molecule has 29 heteroatoms. The molecule has 3 rings (SSSR count). The minimum Gasteiger partial charge on any atom is -0.790 e. The number of allylic oxidation sites excluding steroid dienone is 2. The summed E-state index contributed by atoms with van der Waals surface area (Å²) in [6.07, 6.45) is 18.0. The van der Waals surface area contributed by atoms with Crippen LogP contribution in [0.15, 0.2) is 24.8 Å². The number of aliphatic hydroxyl groups excluding tert-OH is 3. The maximum Gasteiger partial charge on any atom is 0.274 e. The number of ether oxygens (including phenoxy) is 1. The van der Waals surface area contributed by atoms with Crippen molar-refractivity contribution in [2.24, 2.45) is 5.41 Å². The van der Waals surface area contributed by atoms with Crippen LogP contribution < -0.4 is 35.9 Å². The molecular formula is C45H76N7O18P3S-4. The minimum absolute atomic E-state index is 0.0241. The normalized spacial score (nSPS) is 19.9. The highest BCUT2D eigenvalue weighted by molar-refractivity contribution is 8.13. The number of thioether (sulfide) groups is 1. The van der Waals surface area contributed by atoms with Gasteiger partial charge in [-0.05, 0) is 32.1 Å². The Morgan fingerprint density at radius 1 is 0.851 bits per heavy atom. The van der Waals surface area contributed by atoms with Crippen LogP contribution in [0.1, 0.15) is 155 Å². The van der Waals surface area contributed by atoms with E-state index in [-0.39, 0.29) is 47.4 Å². The lowest BCUT2D eigenvalue weighted by Gasteiger charge is -2.36. The number of rotatable bonds is 40. The van der Waals surface area contributed by atoms with Crippen LogP contribution in [0.4, 0.5) is 5.82 Å². The van der Waals surface area contributed by atoms with E-state index >= 15 is 0 Å². The predicted octanol–water partition coefficient (Wildman–Crippen LogP) is 3.49. The summed E-state index contributed by atoms with van der Waals surface area (Å²) in [4.78, 5) is 97.2. The summed E-state index contributed by atoms with van der Waals surface area (Å²) in [5.41, 5.74) is 4.06. The Morgan fingerprint density at radius 2 is 1.43 bits per heavy atom. The van der Waals surface area contributed by atoms with Crippen molar-refractivity contribution in [2.45, 2.75) is 186 Å². The number of aliphatic hydroxyl groups is 3. The highest BCUT2D eigenvalue weighted by atomic mass is 32.2. The molecule has 0 aromatic carbocycles. The molecular weight excluding hydrogens is 1050 g/mol. The third-order valence-corrected chi connectivity index (χ3v) is 16.0. The van der Waals surface area contributed by atoms with Crippen LogP contribution in [0.3, 0.4) is 0 Å². The summed E-state index contributed by atoms with van der Waals surface area (Å²) in [6.45, 7) is 2.20. The molecule has 1 fully saturated rings. The van der Waals surface area contributed by atoms with Crippen molar-refractivity contribution in [3.8, 4) is 0 Å². The van der Waals surface area contributed by atoms with Crippen molar-refractivity contribution < 1.29 is 85.6 Å². The van der Waals surface area contributed by atoms with E-state index in [1.54, 1.807) is 0 Å². The molecule has 2 amide bonds. The number of imidazole rings is 1. The first-order valence-electron chi connectivity index (χ1n) is 25.3. The van der Waals surface area contributed by atoms with Gasteiger partial charge in [-0.3, -0.25) is 28.1 Å². The molecule has 0 radical (unpaired) electrons. The minimum atomic E-state index is -5.94. The first-order valence-corrected chi connectivity index (χ1v) is 30.7. The number of carbonyl (C=O) groups is 3. The number of carbonyl (C=O) groups excluding carboxylic acids is 3. The predicted molar refractivity (Wildman–Crippen MR) is 267 cm³/mol. The molecule has 7 N–H and O–H groups in total. The van der Waals surface area contributed by atoms with E-state index in [4.69, 9.17) is 10.5 Å². The summed E-state index contributed by atoms with van der Waals surface area (Å²) in [7, 11) is -17.7. The lowest BCUT2D eigenvalue weighted by molar-refractivity contribution is -0.347. The summed E-state index contributed by atoms with van der Waals surface area (Å²) in [5.74, 6) is -1.40. The number of nitrogens with zero attached hydrogens (tertiary/aromatic N) is 4. The number of anilines is 1. The molecule has 8 atom stereocenters. The smallest absolute Gasteiger partial charge is 0.274 e. The van der Waals surface area contributed by atoms with Gasteiger partial charge in [0.05, 0.1) is 27.4 Å². The number of fused-ring (bicyclic) bond motifs is 1. The number of amides is 2. The average Bonchev–Trinajstić information content (AvgIpc) is 3.90. The topological polar surface area (TPSA) is 395 Å². The SMILES string of the molecule is CCCCCCCC/C=C\CCCCCCCCCCCCC(O)C(=O)SCCNC(=O)CCNC(=O)[C@H](O)C(C)(C)COP(=O)([O-])OP(=O)([O-])OC[C@H]1O[C@@H](n2cnc3c(N)ncnc32)[C@H](O)[C@@H]1OP(=O)([O-])[O-]. The monoisotopic (exact) mass is 1130 g/mol. The van der Waals surface area contributed by atoms with Crippen LogP contribution in [0, 0.1) is 5.41 Å². The lowest BCUT2D eigenvalue weighted by atomic mass is 9.87. The quantitative estimate of drug-likeness (QED) is 0.0316. The van der Waals surface area contributed by atoms with Gasteiger partial charge in [-0.1, -0.05) is 135 Å². The van der Waals surface area contributed by atoms with Gasteiger partial charge in [0.15, 0.2) is 17.7 Å². The Bertz CT molecular complexity index is 2190. The highest BCUT2D eigenvalue weighted by Crippen LogP contribution is 2.56. The van der Waals surface area contributed by atoms with E-state index in [2.05, 4.69) is 62.5 Å². The Kier molecular flexibility index (Phi) is 29.7. The molecule has 25 nitrogen and oxygen atoms in total. The Morgan fingerprint density at radius 3 is 2.04 bits per heavy atom. The van der Waals surface area contributed by atoms with Crippen molar-refractivity contribution >= 4 is 69.1 Å². The molecule has 2 aromatic rings. The van der Waals surface area contributed by atoms with E-state index in [0.29, 0.717) is 6.42 Å². The van der Waals surface area contributed by atoms with Gasteiger partial charge in [-0.25, -0.2) is 19.3 Å². The van der Waals surface area contributed by atoms with Gasteiger partial charge in [-0.15, -0.1) is 0 Å². The third-order valence-electron chi connectivity index (χ3n) is 12.0. The number of nitrogens with one attached hydrogen (secondary N) is 2. The van der Waals surface area contributed by atoms with Crippen molar-refractivity contribution in [1.29, 1.82) is 0 Å². The maximum atomic E-state index is 12.7. The van der Waals surface area contributed by atoms with Crippen molar-refractivity contribution in [1.82, 2.24) is 30.2 Å². The third kappa shape index (κ3) is 25.2. The first-order chi connectivity index (χ1) is 35.0. The number of hydrogen-bond acceptors (Lipinski definition) is 23. The second-order valence-corrected chi connectivity index (χ2v) is 24.0. The van der Waals surface area contributed by atoms with Gasteiger partial charge in [0.25, 0.3) is 15.6 Å². The molecule has 0 saturated carbocycles. The van der Waals surface area contributed by atoms with Crippen molar-refractivity contribution in [3.63, 3.8) is 0 Å². The Balaban J connectivity index is 1.24. The summed E-state index contributed by atoms with van der Waals surface area (Å²) >= 11 is 0.904. The van der Waals surface area contributed by atoms with E-state index in [0.717, 1.165) is 54.7 Å². The summed E-state index contributed by atoms with van der Waals surface area (Å²) in [6, 6.07) is 0. The van der Waals surface area contributed by atoms with E-state index < -0.39 is 90.7 Å². The summed E-state index contributed by atoms with van der Waals surface area (Å²) in [5, 5.41) is 36.3. The average molecular weight is 1130 g/mol. The molecule has 1 aliphatic heterocycles. The number of phosphoric acid groups is 3. The fraction of sp³-hybridized carbons (Fsp3) is 0.778. The number of nitrogens with two attached hydrogens (primary N) is 1.